The van der Waals surface area contributed by atoms with Crippen LogP contribution in [0.1, 0.15) is 0 Å². The fourth-order valence-electron chi connectivity index (χ4n) is 0.624. The molecule has 0 bridgehead atoms. The Morgan fingerprint density at radius 1 is 1.08 bits per heavy atom. The molecular weight excluding hydrogens is 228 g/mol. The Kier molecular flexibility index (Phi) is 12.8. The third kappa shape index (κ3) is 8.06. The molecule has 1 aromatic carbocycles. The number of hydrogen-bond donors (Lipinski definition) is 0. The van der Waals surface area contributed by atoms with E-state index in [9.17, 15) is 14.4 Å². The molecule has 0 amide bonds. The van der Waals surface area contributed by atoms with Gasteiger partial charge in [0.25, 0.3) is 0 Å². The maximum atomic E-state index is 12.2. The van der Waals surface area contributed by atoms with Crippen molar-refractivity contribution in [2.45, 2.75) is 0 Å². The average molecular weight is 232 g/mol. The second-order valence-corrected chi connectivity index (χ2v) is 1.86. The summed E-state index contributed by atoms with van der Waals surface area (Å²) in [4.78, 5) is 0. The topological polar surface area (TPSA) is 55.3 Å². The average Bonchev–Trinajstić information content (AvgIpc) is 1.93. The smallest absolute Gasteiger partial charge is 0.860 e. The standard InChI is InChI=1S/C6H4BFO3.2K/c8-5-1-3-6(4-2-5)11-7(9)10;;/h1-4H;;/q-2;2*+1. The first-order chi connectivity index (χ1) is 5.18. The Labute approximate surface area is 161 Å². The molecule has 0 aliphatic heterocycles. The van der Waals surface area contributed by atoms with Gasteiger partial charge in [0.1, 0.15) is 13.1 Å². The number of rotatable bonds is 2. The van der Waals surface area contributed by atoms with Crippen molar-refractivity contribution in [2.24, 2.45) is 0 Å². The Hall–Kier alpha value is 2.21. The maximum absolute atomic E-state index is 12.2. The van der Waals surface area contributed by atoms with Crippen LogP contribution in [0.2, 0.25) is 0 Å². The third-order valence-corrected chi connectivity index (χ3v) is 1.05. The van der Waals surface area contributed by atoms with Gasteiger partial charge in [-0.2, -0.15) is 0 Å². The summed E-state index contributed by atoms with van der Waals surface area (Å²) in [5.41, 5.74) is 0. The van der Waals surface area contributed by atoms with E-state index >= 15 is 0 Å². The van der Waals surface area contributed by atoms with Gasteiger partial charge < -0.3 is 14.7 Å². The quantitative estimate of drug-likeness (QED) is 0.476. The van der Waals surface area contributed by atoms with Crippen LogP contribution in [0.3, 0.4) is 0 Å². The van der Waals surface area contributed by atoms with Crippen molar-refractivity contribution >= 4 is 7.32 Å². The molecule has 3 nitrogen and oxygen atoms in total. The van der Waals surface area contributed by atoms with Crippen LogP contribution in [0, 0.1) is 5.82 Å². The summed E-state index contributed by atoms with van der Waals surface area (Å²) >= 11 is 0. The molecule has 0 saturated carbocycles. The van der Waals surface area contributed by atoms with Gasteiger partial charge in [0.15, 0.2) is 0 Å². The summed E-state index contributed by atoms with van der Waals surface area (Å²) in [5.74, 6) is -0.355. The van der Waals surface area contributed by atoms with Crippen molar-refractivity contribution < 1.29 is 122 Å². The van der Waals surface area contributed by atoms with E-state index < -0.39 is 13.1 Å². The molecule has 0 N–H and O–H groups in total. The van der Waals surface area contributed by atoms with E-state index in [1.807, 2.05) is 0 Å². The van der Waals surface area contributed by atoms with Crippen LogP contribution in [0.5, 0.6) is 5.75 Å². The van der Waals surface area contributed by atoms with E-state index in [0.29, 0.717) is 0 Å². The molecule has 0 aliphatic carbocycles. The monoisotopic (exact) mass is 232 g/mol. The first kappa shape index (κ1) is 17.6. The first-order valence-electron chi connectivity index (χ1n) is 2.92. The minimum Gasteiger partial charge on any atom is -0.860 e. The van der Waals surface area contributed by atoms with Gasteiger partial charge in [-0.05, 0) is 24.3 Å². The minimum atomic E-state index is -2.36. The van der Waals surface area contributed by atoms with Crippen LogP contribution in [0.15, 0.2) is 24.3 Å². The summed E-state index contributed by atoms with van der Waals surface area (Å²) in [6.45, 7) is 0. The van der Waals surface area contributed by atoms with Gasteiger partial charge >= 0.3 is 103 Å². The molecule has 1 aromatic rings. The van der Waals surface area contributed by atoms with Gasteiger partial charge in [0.2, 0.25) is 0 Å². The molecule has 58 valence electrons. The molecular formula is C6H4BFK2O3. The van der Waals surface area contributed by atoms with E-state index in [1.165, 1.54) is 12.1 Å². The van der Waals surface area contributed by atoms with Crippen molar-refractivity contribution in [2.75, 3.05) is 0 Å². The molecule has 0 spiro atoms. The van der Waals surface area contributed by atoms with Gasteiger partial charge in [-0.1, -0.05) is 0 Å². The van der Waals surface area contributed by atoms with Gasteiger partial charge in [-0.25, -0.2) is 4.39 Å². The Morgan fingerprint density at radius 2 is 1.54 bits per heavy atom. The molecule has 0 saturated heterocycles. The fourth-order valence-corrected chi connectivity index (χ4v) is 0.624. The molecule has 13 heavy (non-hydrogen) atoms. The molecule has 0 aliphatic rings. The van der Waals surface area contributed by atoms with Gasteiger partial charge in [-0.15, -0.1) is 0 Å². The van der Waals surface area contributed by atoms with Crippen LogP contribution in [-0.2, 0) is 0 Å². The van der Waals surface area contributed by atoms with E-state index in [-0.39, 0.29) is 109 Å². The second kappa shape index (κ2) is 9.43. The van der Waals surface area contributed by atoms with Gasteiger partial charge in [-0.3, -0.25) is 0 Å². The Morgan fingerprint density at radius 3 is 1.92 bits per heavy atom. The van der Waals surface area contributed by atoms with Crippen LogP contribution < -0.4 is 117 Å². The molecule has 0 atom stereocenters. The van der Waals surface area contributed by atoms with Crippen LogP contribution in [0.25, 0.3) is 0 Å². The molecule has 7 heteroatoms. The third-order valence-electron chi connectivity index (χ3n) is 1.05. The zero-order chi connectivity index (χ0) is 8.27. The van der Waals surface area contributed by atoms with Crippen LogP contribution >= 0.6 is 0 Å². The molecule has 0 aromatic heterocycles. The van der Waals surface area contributed by atoms with Crippen LogP contribution in [-0.4, -0.2) is 7.32 Å². The van der Waals surface area contributed by atoms with Gasteiger partial charge in [0.05, 0.1) is 5.75 Å². The van der Waals surface area contributed by atoms with E-state index in [2.05, 4.69) is 4.65 Å². The second-order valence-electron chi connectivity index (χ2n) is 1.86. The summed E-state index contributed by atoms with van der Waals surface area (Å²) < 4.78 is 16.4. The SMILES string of the molecule is [K+].[K+].[O-]B([O-])Oc1ccc(F)cc1. The molecule has 0 heterocycles. The molecule has 0 fully saturated rings. The van der Waals surface area contributed by atoms with Crippen molar-refractivity contribution in [3.05, 3.63) is 30.1 Å². The van der Waals surface area contributed by atoms with Gasteiger partial charge in [0, 0.05) is 0 Å². The zero-order valence-corrected chi connectivity index (χ0v) is 13.7. The largest absolute Gasteiger partial charge is 1.00 e. The fraction of sp³-hybridized carbons (Fsp3) is 0. The predicted molar refractivity (Wildman–Crippen MR) is 32.8 cm³/mol. The maximum Gasteiger partial charge on any atom is 1.00 e. The van der Waals surface area contributed by atoms with E-state index in [0.717, 1.165) is 12.1 Å². The molecule has 0 unspecified atom stereocenters. The van der Waals surface area contributed by atoms with E-state index in [4.69, 9.17) is 0 Å². The number of halogens is 1. The first-order valence-corrected chi connectivity index (χ1v) is 2.92. The number of hydrogen-bond acceptors (Lipinski definition) is 3. The number of benzene rings is 1. The van der Waals surface area contributed by atoms with Crippen LogP contribution in [0.4, 0.5) is 4.39 Å². The summed E-state index contributed by atoms with van der Waals surface area (Å²) in [7, 11) is -2.36. The van der Waals surface area contributed by atoms with Crippen molar-refractivity contribution in [1.82, 2.24) is 0 Å². The summed E-state index contributed by atoms with van der Waals surface area (Å²) in [5, 5.41) is 19.8. The Balaban J connectivity index is 0. The molecule has 0 radical (unpaired) electrons. The van der Waals surface area contributed by atoms with Crippen molar-refractivity contribution in [1.29, 1.82) is 0 Å². The summed E-state index contributed by atoms with van der Waals surface area (Å²) in [6.07, 6.45) is 0. The summed E-state index contributed by atoms with van der Waals surface area (Å²) in [6, 6.07) is 4.66. The minimum absolute atomic E-state index is 0. The Bertz CT molecular complexity index is 232. The zero-order valence-electron chi connectivity index (χ0n) is 7.49. The predicted octanol–water partition coefficient (Wildman–Crippen LogP) is -7.08. The molecule has 1 rings (SSSR count). The normalized spacial score (nSPS) is 7.92. The van der Waals surface area contributed by atoms with Crippen molar-refractivity contribution in [3.63, 3.8) is 0 Å². The van der Waals surface area contributed by atoms with E-state index in [1.54, 1.807) is 0 Å². The van der Waals surface area contributed by atoms with Crippen molar-refractivity contribution in [3.8, 4) is 5.75 Å².